The van der Waals surface area contributed by atoms with Crippen LogP contribution in [0, 0.1) is 5.92 Å². The van der Waals surface area contributed by atoms with Crippen molar-refractivity contribution in [3.05, 3.63) is 23.9 Å². The Bertz CT molecular complexity index is 300. The summed E-state index contributed by atoms with van der Waals surface area (Å²) in [6.45, 7) is 14.0. The molecule has 1 saturated heterocycles. The number of fused-ring (bicyclic) bond motifs is 1. The highest BCUT2D eigenvalue weighted by Crippen LogP contribution is 2.33. The van der Waals surface area contributed by atoms with E-state index < -0.39 is 8.07 Å². The smallest absolute Gasteiger partial charge is 0.0721 e. The first-order valence-electron chi connectivity index (χ1n) is 6.60. The summed E-state index contributed by atoms with van der Waals surface area (Å²) in [5.41, 5.74) is 0. The molecule has 0 radical (unpaired) electrons. The summed E-state index contributed by atoms with van der Waals surface area (Å²) in [6.07, 6.45) is 8.78. The Kier molecular flexibility index (Phi) is 3.41. The van der Waals surface area contributed by atoms with E-state index in [0.29, 0.717) is 12.0 Å². The Morgan fingerprint density at radius 3 is 2.75 bits per heavy atom. The first-order valence-corrected chi connectivity index (χ1v) is 10.1. The molecule has 2 rings (SSSR count). The first-order chi connectivity index (χ1) is 7.52. The zero-order chi connectivity index (χ0) is 11.8. The Morgan fingerprint density at radius 2 is 2.12 bits per heavy atom. The number of hydrogen-bond donors (Lipinski definition) is 0. The zero-order valence-corrected chi connectivity index (χ0v) is 12.0. The molecule has 0 aromatic heterocycles. The third kappa shape index (κ3) is 2.33. The summed E-state index contributed by atoms with van der Waals surface area (Å²) in [4.78, 5) is 2.67. The molecule has 90 valence electrons. The molecule has 2 aliphatic heterocycles. The number of piperidine rings is 1. The van der Waals surface area contributed by atoms with Crippen molar-refractivity contribution in [2.75, 3.05) is 13.1 Å². The molecule has 1 fully saturated rings. The van der Waals surface area contributed by atoms with Gasteiger partial charge in [-0.15, -0.1) is 6.58 Å². The van der Waals surface area contributed by atoms with Gasteiger partial charge in [0, 0.05) is 12.6 Å². The van der Waals surface area contributed by atoms with Crippen LogP contribution in [0.15, 0.2) is 23.9 Å². The van der Waals surface area contributed by atoms with Gasteiger partial charge in [-0.2, -0.15) is 0 Å². The Morgan fingerprint density at radius 1 is 1.38 bits per heavy atom. The second-order valence-electron chi connectivity index (χ2n) is 6.26. The molecule has 1 nitrogen and oxygen atoms in total. The van der Waals surface area contributed by atoms with Gasteiger partial charge in [0.25, 0.3) is 0 Å². The first kappa shape index (κ1) is 12.1. The minimum absolute atomic E-state index is 0.668. The second kappa shape index (κ2) is 4.50. The third-order valence-corrected chi connectivity index (χ3v) is 6.49. The summed E-state index contributed by atoms with van der Waals surface area (Å²) < 4.78 is 0. The molecule has 2 heteroatoms. The molecular weight excluding hydrogens is 210 g/mol. The fraction of sp³-hybridized carbons (Fsp3) is 0.714. The molecule has 0 spiro atoms. The van der Waals surface area contributed by atoms with Crippen molar-refractivity contribution in [1.29, 1.82) is 0 Å². The summed E-state index contributed by atoms with van der Waals surface area (Å²) in [5.74, 6) is 0.695. The molecule has 2 aliphatic rings. The maximum Gasteiger partial charge on any atom is 0.0721 e. The van der Waals surface area contributed by atoms with Crippen molar-refractivity contribution < 1.29 is 0 Å². The van der Waals surface area contributed by atoms with Gasteiger partial charge in [-0.3, -0.25) is 4.90 Å². The minimum Gasteiger partial charge on any atom is -0.296 e. The van der Waals surface area contributed by atoms with Crippen LogP contribution in [0.4, 0.5) is 0 Å². The number of rotatable bonds is 2. The van der Waals surface area contributed by atoms with Crippen molar-refractivity contribution in [3.8, 4) is 0 Å². The maximum atomic E-state index is 4.02. The van der Waals surface area contributed by atoms with E-state index in [-0.39, 0.29) is 0 Å². The molecule has 0 unspecified atom stereocenters. The van der Waals surface area contributed by atoms with Gasteiger partial charge < -0.3 is 0 Å². The largest absolute Gasteiger partial charge is 0.296 e. The standard InChI is InChI=1S/C14H25NSi/c1-5-12-7-6-9-15-10-8-13(11-14(12)15)16(2,3)4/h5,11-12,14H,1,6-10H2,2-4H3/t12-,14+/m1/s1. The van der Waals surface area contributed by atoms with Crippen LogP contribution in [0.2, 0.25) is 19.6 Å². The van der Waals surface area contributed by atoms with Gasteiger partial charge in [-0.05, 0) is 31.7 Å². The number of nitrogens with zero attached hydrogens (tertiary/aromatic N) is 1. The lowest BCUT2D eigenvalue weighted by molar-refractivity contribution is 0.140. The summed E-state index contributed by atoms with van der Waals surface area (Å²) in [5, 5.41) is 1.78. The fourth-order valence-electron chi connectivity index (χ4n) is 3.05. The van der Waals surface area contributed by atoms with Crippen molar-refractivity contribution in [3.63, 3.8) is 0 Å². The average Bonchev–Trinajstić information content (AvgIpc) is 2.26. The zero-order valence-electron chi connectivity index (χ0n) is 11.0. The molecule has 0 aromatic carbocycles. The lowest BCUT2D eigenvalue weighted by Crippen LogP contribution is -2.48. The van der Waals surface area contributed by atoms with Gasteiger partial charge >= 0.3 is 0 Å². The van der Waals surface area contributed by atoms with Gasteiger partial charge in [-0.25, -0.2) is 0 Å². The highest BCUT2D eigenvalue weighted by Gasteiger charge is 2.33. The summed E-state index contributed by atoms with van der Waals surface area (Å²) >= 11 is 0. The quantitative estimate of drug-likeness (QED) is 0.523. The maximum absolute atomic E-state index is 4.02. The van der Waals surface area contributed by atoms with E-state index in [1.54, 1.807) is 5.20 Å². The molecule has 2 atom stereocenters. The predicted molar refractivity (Wildman–Crippen MR) is 74.3 cm³/mol. The molecule has 16 heavy (non-hydrogen) atoms. The van der Waals surface area contributed by atoms with Crippen molar-refractivity contribution in [2.24, 2.45) is 5.92 Å². The van der Waals surface area contributed by atoms with Gasteiger partial charge in [0.05, 0.1) is 8.07 Å². The van der Waals surface area contributed by atoms with E-state index in [1.807, 2.05) is 0 Å². The molecule has 2 heterocycles. The van der Waals surface area contributed by atoms with Crippen LogP contribution < -0.4 is 0 Å². The SMILES string of the molecule is C=C[C@@H]1CCCN2CCC([Si](C)(C)C)=C[C@@H]12. The topological polar surface area (TPSA) is 3.24 Å². The lowest BCUT2D eigenvalue weighted by Gasteiger charge is -2.43. The van der Waals surface area contributed by atoms with Crippen LogP contribution in [0.5, 0.6) is 0 Å². The highest BCUT2D eigenvalue weighted by atomic mass is 28.3. The fourth-order valence-corrected chi connectivity index (χ4v) is 4.58. The molecule has 0 aromatic rings. The van der Waals surface area contributed by atoms with E-state index >= 15 is 0 Å². The van der Waals surface area contributed by atoms with Gasteiger partial charge in [-0.1, -0.05) is 37.0 Å². The van der Waals surface area contributed by atoms with Crippen molar-refractivity contribution in [2.45, 2.75) is 44.9 Å². The van der Waals surface area contributed by atoms with E-state index in [1.165, 1.54) is 32.4 Å². The molecule has 0 aliphatic carbocycles. The second-order valence-corrected chi connectivity index (χ2v) is 11.4. The monoisotopic (exact) mass is 235 g/mol. The normalized spacial score (nSPS) is 31.8. The third-order valence-electron chi connectivity index (χ3n) is 4.15. The van der Waals surface area contributed by atoms with Crippen LogP contribution in [-0.2, 0) is 0 Å². The van der Waals surface area contributed by atoms with Crippen LogP contribution in [0.25, 0.3) is 0 Å². The Balaban J connectivity index is 2.22. The minimum atomic E-state index is -1.07. The molecule has 0 N–H and O–H groups in total. The Hall–Kier alpha value is -0.343. The van der Waals surface area contributed by atoms with Crippen LogP contribution in [0.3, 0.4) is 0 Å². The van der Waals surface area contributed by atoms with E-state index in [0.717, 1.165) is 0 Å². The van der Waals surface area contributed by atoms with Crippen LogP contribution in [-0.4, -0.2) is 32.1 Å². The van der Waals surface area contributed by atoms with Crippen molar-refractivity contribution in [1.82, 2.24) is 4.90 Å². The van der Waals surface area contributed by atoms with E-state index in [2.05, 4.69) is 43.3 Å². The van der Waals surface area contributed by atoms with Gasteiger partial charge in [0.15, 0.2) is 0 Å². The molecule has 0 amide bonds. The van der Waals surface area contributed by atoms with Gasteiger partial charge in [0.1, 0.15) is 0 Å². The summed E-state index contributed by atoms with van der Waals surface area (Å²) in [7, 11) is -1.07. The van der Waals surface area contributed by atoms with Crippen molar-refractivity contribution >= 4 is 8.07 Å². The molecule has 0 saturated carbocycles. The highest BCUT2D eigenvalue weighted by molar-refractivity contribution is 6.83. The molecular formula is C14H25NSi. The van der Waals surface area contributed by atoms with Crippen LogP contribution >= 0.6 is 0 Å². The number of hydrogen-bond acceptors (Lipinski definition) is 1. The summed E-state index contributed by atoms with van der Waals surface area (Å²) in [6, 6.07) is 0.668. The lowest BCUT2D eigenvalue weighted by atomic mass is 9.87. The predicted octanol–water partition coefficient (Wildman–Crippen LogP) is 3.46. The molecule has 0 bridgehead atoms. The van der Waals surface area contributed by atoms with E-state index in [4.69, 9.17) is 0 Å². The van der Waals surface area contributed by atoms with E-state index in [9.17, 15) is 0 Å². The van der Waals surface area contributed by atoms with Gasteiger partial charge in [0.2, 0.25) is 0 Å². The van der Waals surface area contributed by atoms with Crippen LogP contribution in [0.1, 0.15) is 19.3 Å². The Labute approximate surface area is 101 Å². The average molecular weight is 235 g/mol.